The molecule has 0 spiro atoms. The number of likely N-dealkylation sites (N-methyl/N-ethyl adjacent to an activating group) is 1. The number of benzene rings is 1. The van der Waals surface area contributed by atoms with Gasteiger partial charge in [-0.15, -0.1) is 11.8 Å². The van der Waals surface area contributed by atoms with Gasteiger partial charge in [-0.25, -0.2) is 0 Å². The van der Waals surface area contributed by atoms with Crippen LogP contribution in [0.5, 0.6) is 0 Å². The molecule has 0 aliphatic rings. The summed E-state index contributed by atoms with van der Waals surface area (Å²) >= 11 is 1.74. The molecule has 102 valence electrons. The molecular formula is C14H19N3OS. The molecule has 1 N–H and O–H groups in total. The van der Waals surface area contributed by atoms with Gasteiger partial charge in [0.1, 0.15) is 0 Å². The Morgan fingerprint density at radius 1 is 1.32 bits per heavy atom. The fraction of sp³-hybridized carbons (Fsp3) is 0.429. The molecule has 19 heavy (non-hydrogen) atoms. The summed E-state index contributed by atoms with van der Waals surface area (Å²) in [5.41, 5.74) is 1.28. The minimum absolute atomic E-state index is 0.710. The average molecular weight is 277 g/mol. The Hall–Kier alpha value is -1.33. The molecule has 5 heteroatoms. The minimum atomic E-state index is 0.710. The number of aryl methyl sites for hydroxylation is 1. The second-order valence-corrected chi connectivity index (χ2v) is 5.28. The molecule has 2 rings (SSSR count). The fourth-order valence-corrected chi connectivity index (χ4v) is 2.56. The van der Waals surface area contributed by atoms with E-state index < -0.39 is 0 Å². The smallest absolute Gasteiger partial charge is 0.227 e. The second-order valence-electron chi connectivity index (χ2n) is 4.26. The molecule has 0 amide bonds. The highest BCUT2D eigenvalue weighted by Crippen LogP contribution is 2.24. The molecule has 0 radical (unpaired) electrons. The number of nitrogens with zero attached hydrogens (tertiary/aromatic N) is 2. The summed E-state index contributed by atoms with van der Waals surface area (Å²) in [6.07, 6.45) is 0.788. The lowest BCUT2D eigenvalue weighted by Crippen LogP contribution is -2.16. The summed E-state index contributed by atoms with van der Waals surface area (Å²) in [6.45, 7) is 6.03. The Balaban J connectivity index is 1.85. The van der Waals surface area contributed by atoms with Crippen molar-refractivity contribution in [2.45, 2.75) is 30.9 Å². The quantitative estimate of drug-likeness (QED) is 0.623. The van der Waals surface area contributed by atoms with E-state index in [1.165, 1.54) is 10.5 Å². The van der Waals surface area contributed by atoms with Crippen molar-refractivity contribution in [3.8, 4) is 0 Å². The predicted octanol–water partition coefficient (Wildman–Crippen LogP) is 2.82. The van der Waals surface area contributed by atoms with Crippen molar-refractivity contribution < 1.29 is 4.52 Å². The van der Waals surface area contributed by atoms with Gasteiger partial charge in [-0.1, -0.05) is 30.3 Å². The monoisotopic (exact) mass is 277 g/mol. The molecule has 0 saturated heterocycles. The lowest BCUT2D eigenvalue weighted by Gasteiger charge is -2.01. The topological polar surface area (TPSA) is 51.0 Å². The van der Waals surface area contributed by atoms with E-state index in [1.807, 2.05) is 12.1 Å². The Kier molecular flexibility index (Phi) is 5.42. The number of aromatic nitrogens is 2. The molecular weight excluding hydrogens is 258 g/mol. The van der Waals surface area contributed by atoms with Crippen LogP contribution in [0.15, 0.2) is 33.7 Å². The molecule has 4 nitrogen and oxygen atoms in total. The van der Waals surface area contributed by atoms with Crippen LogP contribution in [-0.4, -0.2) is 23.2 Å². The summed E-state index contributed by atoms with van der Waals surface area (Å²) in [4.78, 5) is 5.65. The van der Waals surface area contributed by atoms with E-state index in [0.717, 1.165) is 31.1 Å². The largest absolute Gasteiger partial charge is 0.339 e. The summed E-state index contributed by atoms with van der Waals surface area (Å²) in [7, 11) is 0. The first-order chi connectivity index (χ1) is 9.29. The van der Waals surface area contributed by atoms with Crippen LogP contribution in [0.3, 0.4) is 0 Å². The maximum atomic E-state index is 5.22. The number of nitrogens with one attached hydrogen (secondary N) is 1. The number of hydrogen-bond donors (Lipinski definition) is 1. The maximum Gasteiger partial charge on any atom is 0.227 e. The number of rotatable bonds is 7. The van der Waals surface area contributed by atoms with E-state index in [0.29, 0.717) is 5.89 Å². The van der Waals surface area contributed by atoms with Crippen molar-refractivity contribution >= 4 is 11.8 Å². The molecule has 1 aromatic heterocycles. The highest BCUT2D eigenvalue weighted by molar-refractivity contribution is 7.98. The summed E-state index contributed by atoms with van der Waals surface area (Å²) in [5, 5.41) is 7.24. The lowest BCUT2D eigenvalue weighted by molar-refractivity contribution is 0.372. The molecule has 0 aliphatic heterocycles. The van der Waals surface area contributed by atoms with E-state index >= 15 is 0 Å². The zero-order valence-electron chi connectivity index (χ0n) is 11.3. The van der Waals surface area contributed by atoms with Crippen LogP contribution in [0.1, 0.15) is 24.2 Å². The molecule has 0 bridgehead atoms. The van der Waals surface area contributed by atoms with Crippen molar-refractivity contribution in [1.82, 2.24) is 15.5 Å². The molecule has 0 atom stereocenters. The summed E-state index contributed by atoms with van der Waals surface area (Å²) in [5.74, 6) is 2.22. The second kappa shape index (κ2) is 7.31. The van der Waals surface area contributed by atoms with E-state index in [9.17, 15) is 0 Å². The highest BCUT2D eigenvalue weighted by Gasteiger charge is 2.07. The van der Waals surface area contributed by atoms with Gasteiger partial charge in [-0.3, -0.25) is 0 Å². The third kappa shape index (κ3) is 4.36. The van der Waals surface area contributed by atoms with E-state index in [4.69, 9.17) is 4.52 Å². The maximum absolute atomic E-state index is 5.22. The Morgan fingerprint density at radius 3 is 2.95 bits per heavy atom. The Bertz CT molecular complexity index is 513. The third-order valence-corrected chi connectivity index (χ3v) is 3.90. The van der Waals surface area contributed by atoms with Gasteiger partial charge in [0.25, 0.3) is 0 Å². The van der Waals surface area contributed by atoms with Crippen LogP contribution in [0.2, 0.25) is 0 Å². The van der Waals surface area contributed by atoms with Gasteiger partial charge < -0.3 is 9.84 Å². The Morgan fingerprint density at radius 2 is 2.16 bits per heavy atom. The first-order valence-electron chi connectivity index (χ1n) is 6.50. The highest BCUT2D eigenvalue weighted by atomic mass is 32.2. The van der Waals surface area contributed by atoms with Crippen molar-refractivity contribution in [2.24, 2.45) is 0 Å². The minimum Gasteiger partial charge on any atom is -0.339 e. The van der Waals surface area contributed by atoms with Crippen LogP contribution in [0.4, 0.5) is 0 Å². The molecule has 0 unspecified atom stereocenters. The van der Waals surface area contributed by atoms with Crippen LogP contribution in [0.25, 0.3) is 0 Å². The van der Waals surface area contributed by atoms with Gasteiger partial charge in [0.05, 0.1) is 5.75 Å². The zero-order valence-corrected chi connectivity index (χ0v) is 12.2. The van der Waals surface area contributed by atoms with Crippen molar-refractivity contribution in [3.05, 3.63) is 41.5 Å². The normalized spacial score (nSPS) is 10.8. The zero-order chi connectivity index (χ0) is 13.5. The average Bonchev–Trinajstić information content (AvgIpc) is 2.86. The number of hydrogen-bond acceptors (Lipinski definition) is 5. The van der Waals surface area contributed by atoms with Crippen molar-refractivity contribution in [2.75, 3.05) is 13.1 Å². The van der Waals surface area contributed by atoms with Crippen molar-refractivity contribution in [1.29, 1.82) is 0 Å². The third-order valence-electron chi connectivity index (χ3n) is 2.73. The van der Waals surface area contributed by atoms with E-state index in [-0.39, 0.29) is 0 Å². The van der Waals surface area contributed by atoms with Gasteiger partial charge in [0.2, 0.25) is 5.89 Å². The molecule has 0 saturated carbocycles. The van der Waals surface area contributed by atoms with Crippen molar-refractivity contribution in [3.63, 3.8) is 0 Å². The van der Waals surface area contributed by atoms with E-state index in [1.54, 1.807) is 11.8 Å². The number of thioether (sulfide) groups is 1. The summed E-state index contributed by atoms with van der Waals surface area (Å²) in [6, 6.07) is 8.33. The van der Waals surface area contributed by atoms with Gasteiger partial charge in [0, 0.05) is 17.9 Å². The Labute approximate surface area is 118 Å². The summed E-state index contributed by atoms with van der Waals surface area (Å²) < 4.78 is 5.22. The molecule has 1 heterocycles. The molecule has 1 aromatic carbocycles. The van der Waals surface area contributed by atoms with Gasteiger partial charge in [-0.2, -0.15) is 4.98 Å². The first-order valence-corrected chi connectivity index (χ1v) is 7.48. The van der Waals surface area contributed by atoms with E-state index in [2.05, 4.69) is 41.4 Å². The van der Waals surface area contributed by atoms with Gasteiger partial charge in [0.15, 0.2) is 5.82 Å². The molecule has 0 fully saturated rings. The SMILES string of the molecule is CCNCCc1nc(CSc2ccccc2C)no1. The molecule has 0 aliphatic carbocycles. The van der Waals surface area contributed by atoms with Gasteiger partial charge in [-0.05, 0) is 25.1 Å². The fourth-order valence-electron chi connectivity index (χ4n) is 1.68. The standard InChI is InChI=1S/C14H19N3OS/c1-3-15-9-8-14-16-13(17-18-14)10-19-12-7-5-4-6-11(12)2/h4-7,15H,3,8-10H2,1-2H3. The van der Waals surface area contributed by atoms with Crippen LogP contribution in [0, 0.1) is 6.92 Å². The van der Waals surface area contributed by atoms with Gasteiger partial charge >= 0.3 is 0 Å². The van der Waals surface area contributed by atoms with Crippen LogP contribution < -0.4 is 5.32 Å². The lowest BCUT2D eigenvalue weighted by atomic mass is 10.2. The molecule has 2 aromatic rings. The first kappa shape index (κ1) is 14.1. The predicted molar refractivity (Wildman–Crippen MR) is 77.3 cm³/mol. The van der Waals surface area contributed by atoms with Crippen LogP contribution >= 0.6 is 11.8 Å². The van der Waals surface area contributed by atoms with Crippen LogP contribution in [-0.2, 0) is 12.2 Å².